The highest BCUT2D eigenvalue weighted by Crippen LogP contribution is 2.33. The molecule has 0 atom stereocenters. The number of fused-ring (bicyclic) bond motifs is 1. The molecule has 1 saturated heterocycles. The quantitative estimate of drug-likeness (QED) is 0.551. The number of halogens is 1. The van der Waals surface area contributed by atoms with E-state index in [-0.39, 0.29) is 5.78 Å². The minimum atomic E-state index is 0.183. The fourth-order valence-electron chi connectivity index (χ4n) is 4.20. The number of Topliss-reactive ketones (excluding diaryl/α,β-unsaturated/α-hetero) is 1. The molecule has 2 aromatic carbocycles. The average Bonchev–Trinajstić information content (AvgIpc) is 3.00. The van der Waals surface area contributed by atoms with E-state index in [9.17, 15) is 4.79 Å². The zero-order chi connectivity index (χ0) is 19.7. The van der Waals surface area contributed by atoms with Gasteiger partial charge in [-0.25, -0.2) is 0 Å². The molecular weight excluding hydrogens is 372 g/mol. The Morgan fingerprint density at radius 2 is 1.79 bits per heavy atom. The minimum absolute atomic E-state index is 0.183. The molecule has 0 amide bonds. The van der Waals surface area contributed by atoms with Crippen LogP contribution in [0.3, 0.4) is 0 Å². The molecule has 146 valence electrons. The maximum Gasteiger partial charge on any atom is 0.179 e. The largest absolute Gasteiger partial charge is 0.497 e. The van der Waals surface area contributed by atoms with E-state index in [1.54, 1.807) is 7.11 Å². The number of rotatable bonds is 5. The molecule has 0 saturated carbocycles. The Kier molecular flexibility index (Phi) is 5.42. The number of ketones is 1. The summed E-state index contributed by atoms with van der Waals surface area (Å²) in [4.78, 5) is 15.6. The fourth-order valence-corrected chi connectivity index (χ4v) is 4.32. The van der Waals surface area contributed by atoms with Crippen LogP contribution in [0, 0.1) is 6.92 Å². The van der Waals surface area contributed by atoms with Gasteiger partial charge in [0.15, 0.2) is 5.78 Å². The number of likely N-dealkylation sites (tertiary alicyclic amines) is 1. The van der Waals surface area contributed by atoms with Crippen LogP contribution >= 0.6 is 11.6 Å². The summed E-state index contributed by atoms with van der Waals surface area (Å²) in [6.07, 6.45) is 3.62. The van der Waals surface area contributed by atoms with Gasteiger partial charge in [0.25, 0.3) is 0 Å². The van der Waals surface area contributed by atoms with Crippen molar-refractivity contribution in [3.8, 4) is 11.4 Å². The van der Waals surface area contributed by atoms with Crippen LogP contribution in [0.5, 0.6) is 5.75 Å². The number of carbonyl (C=O) groups excluding carboxylic acids is 1. The molecule has 2 heterocycles. The number of benzene rings is 2. The van der Waals surface area contributed by atoms with E-state index >= 15 is 0 Å². The average molecular weight is 397 g/mol. The number of hydrogen-bond donors (Lipinski definition) is 0. The summed E-state index contributed by atoms with van der Waals surface area (Å²) in [5.74, 6) is 0.956. The second kappa shape index (κ2) is 7.98. The Balaban J connectivity index is 1.83. The van der Waals surface area contributed by atoms with Gasteiger partial charge in [-0.2, -0.15) is 0 Å². The molecule has 0 radical (unpaired) electrons. The lowest BCUT2D eigenvalue weighted by molar-refractivity contribution is 0.0916. The smallest absolute Gasteiger partial charge is 0.179 e. The van der Waals surface area contributed by atoms with E-state index in [0.29, 0.717) is 11.6 Å². The molecule has 0 N–H and O–H groups in total. The van der Waals surface area contributed by atoms with Crippen molar-refractivity contribution >= 4 is 28.3 Å². The Morgan fingerprint density at radius 3 is 2.46 bits per heavy atom. The summed E-state index contributed by atoms with van der Waals surface area (Å²) >= 11 is 6.08. The van der Waals surface area contributed by atoms with Gasteiger partial charge in [-0.1, -0.05) is 18.0 Å². The first-order valence-corrected chi connectivity index (χ1v) is 10.2. The predicted octanol–water partition coefficient (Wildman–Crippen LogP) is 5.27. The molecule has 4 rings (SSSR count). The molecule has 4 nitrogen and oxygen atoms in total. The molecule has 1 fully saturated rings. The van der Waals surface area contributed by atoms with Crippen LogP contribution in [-0.2, 0) is 0 Å². The molecule has 0 aliphatic carbocycles. The third-order valence-corrected chi connectivity index (χ3v) is 5.84. The predicted molar refractivity (Wildman–Crippen MR) is 114 cm³/mol. The molecule has 3 aromatic rings. The Morgan fingerprint density at radius 1 is 1.07 bits per heavy atom. The lowest BCUT2D eigenvalue weighted by Gasteiger charge is -2.25. The number of carbonyl (C=O) groups is 1. The first kappa shape index (κ1) is 19.0. The van der Waals surface area contributed by atoms with Crippen molar-refractivity contribution in [2.24, 2.45) is 0 Å². The Hall–Kier alpha value is -2.30. The normalized spacial score (nSPS) is 15.1. The number of methoxy groups -OCH3 is 1. The van der Waals surface area contributed by atoms with Gasteiger partial charge in [-0.15, -0.1) is 0 Å². The van der Waals surface area contributed by atoms with Crippen LogP contribution in [0.15, 0.2) is 42.5 Å². The lowest BCUT2D eigenvalue weighted by atomic mass is 10.0. The van der Waals surface area contributed by atoms with E-state index in [1.807, 2.05) is 49.4 Å². The number of hydrogen-bond acceptors (Lipinski definition) is 3. The van der Waals surface area contributed by atoms with Crippen LogP contribution < -0.4 is 4.74 Å². The molecular formula is C23H25ClN2O2. The summed E-state index contributed by atoms with van der Waals surface area (Å²) in [5.41, 5.74) is 3.71. The Bertz CT molecular complexity index is 1000. The summed E-state index contributed by atoms with van der Waals surface area (Å²) < 4.78 is 7.56. The SMILES string of the molecule is COc1ccc2c(C(=O)CN3CCCCC3)c(C)n(-c3ccc(Cl)cc3)c2c1. The molecule has 0 spiro atoms. The molecule has 1 aliphatic rings. The van der Waals surface area contributed by atoms with Crippen LogP contribution in [0.25, 0.3) is 16.6 Å². The van der Waals surface area contributed by atoms with Gasteiger partial charge in [-0.05, 0) is 69.3 Å². The molecule has 28 heavy (non-hydrogen) atoms. The molecule has 0 bridgehead atoms. The number of nitrogens with zero attached hydrogens (tertiary/aromatic N) is 2. The maximum atomic E-state index is 13.3. The third kappa shape index (κ3) is 3.54. The highest BCUT2D eigenvalue weighted by atomic mass is 35.5. The van der Waals surface area contributed by atoms with Gasteiger partial charge in [-0.3, -0.25) is 9.69 Å². The first-order chi connectivity index (χ1) is 13.6. The van der Waals surface area contributed by atoms with E-state index in [2.05, 4.69) is 9.47 Å². The molecule has 0 unspecified atom stereocenters. The zero-order valence-electron chi connectivity index (χ0n) is 16.4. The van der Waals surface area contributed by atoms with Crippen molar-refractivity contribution in [1.82, 2.24) is 9.47 Å². The van der Waals surface area contributed by atoms with E-state index in [0.717, 1.165) is 46.7 Å². The van der Waals surface area contributed by atoms with Gasteiger partial charge in [0.05, 0.1) is 19.2 Å². The fraction of sp³-hybridized carbons (Fsp3) is 0.348. The summed E-state index contributed by atoms with van der Waals surface area (Å²) in [5, 5.41) is 1.66. The first-order valence-electron chi connectivity index (χ1n) is 9.79. The van der Waals surface area contributed by atoms with E-state index < -0.39 is 0 Å². The zero-order valence-corrected chi connectivity index (χ0v) is 17.1. The van der Waals surface area contributed by atoms with Crippen molar-refractivity contribution in [3.05, 3.63) is 58.7 Å². The highest BCUT2D eigenvalue weighted by Gasteiger charge is 2.23. The van der Waals surface area contributed by atoms with Crippen molar-refractivity contribution in [2.45, 2.75) is 26.2 Å². The summed E-state index contributed by atoms with van der Waals surface area (Å²) in [6.45, 7) is 4.51. The topological polar surface area (TPSA) is 34.5 Å². The number of aromatic nitrogens is 1. The number of ether oxygens (including phenoxy) is 1. The molecule has 1 aromatic heterocycles. The van der Waals surface area contributed by atoms with E-state index in [1.165, 1.54) is 19.3 Å². The van der Waals surface area contributed by atoms with Gasteiger partial charge in [0, 0.05) is 33.4 Å². The standard InChI is InChI=1S/C23H25ClN2O2/c1-16-23(22(27)15-25-12-4-3-5-13-25)20-11-10-19(28-2)14-21(20)26(16)18-8-6-17(24)7-9-18/h6-11,14H,3-5,12-13,15H2,1-2H3. The van der Waals surface area contributed by atoms with E-state index in [4.69, 9.17) is 16.3 Å². The van der Waals surface area contributed by atoms with Crippen LogP contribution in [0.4, 0.5) is 0 Å². The van der Waals surface area contributed by atoms with Crippen LogP contribution in [0.2, 0.25) is 5.02 Å². The van der Waals surface area contributed by atoms with Crippen molar-refractivity contribution in [2.75, 3.05) is 26.7 Å². The van der Waals surface area contributed by atoms with Gasteiger partial charge in [0.1, 0.15) is 5.75 Å². The van der Waals surface area contributed by atoms with Gasteiger partial charge >= 0.3 is 0 Å². The van der Waals surface area contributed by atoms with Crippen molar-refractivity contribution in [3.63, 3.8) is 0 Å². The Labute approximate surface area is 170 Å². The van der Waals surface area contributed by atoms with Crippen molar-refractivity contribution in [1.29, 1.82) is 0 Å². The second-order valence-electron chi connectivity index (χ2n) is 7.42. The third-order valence-electron chi connectivity index (χ3n) is 5.59. The maximum absolute atomic E-state index is 13.3. The van der Waals surface area contributed by atoms with Crippen LogP contribution in [-0.4, -0.2) is 42.0 Å². The van der Waals surface area contributed by atoms with Crippen LogP contribution in [0.1, 0.15) is 35.3 Å². The lowest BCUT2D eigenvalue weighted by Crippen LogP contribution is -2.34. The highest BCUT2D eigenvalue weighted by molar-refractivity contribution is 6.30. The van der Waals surface area contributed by atoms with Gasteiger partial charge in [0.2, 0.25) is 0 Å². The van der Waals surface area contributed by atoms with Gasteiger partial charge < -0.3 is 9.30 Å². The van der Waals surface area contributed by atoms with Crippen molar-refractivity contribution < 1.29 is 9.53 Å². The second-order valence-corrected chi connectivity index (χ2v) is 7.85. The molecule has 1 aliphatic heterocycles. The summed E-state index contributed by atoms with van der Waals surface area (Å²) in [7, 11) is 1.66. The number of piperidine rings is 1. The monoisotopic (exact) mass is 396 g/mol. The summed E-state index contributed by atoms with van der Waals surface area (Å²) in [6, 6.07) is 13.6. The minimum Gasteiger partial charge on any atom is -0.497 e. The molecule has 5 heteroatoms.